The molecule has 0 aliphatic heterocycles. The summed E-state index contributed by atoms with van der Waals surface area (Å²) in [6.07, 6.45) is 0. The summed E-state index contributed by atoms with van der Waals surface area (Å²) in [5.41, 5.74) is 2.12. The second kappa shape index (κ2) is 7.52. The number of benzene rings is 1. The lowest BCUT2D eigenvalue weighted by Crippen LogP contribution is -2.14. The first-order valence-electron chi connectivity index (χ1n) is 6.72. The minimum absolute atomic E-state index is 0.0520. The fourth-order valence-corrected chi connectivity index (χ4v) is 2.75. The minimum Gasteiger partial charge on any atom is -0.308 e. The van der Waals surface area contributed by atoms with Gasteiger partial charge in [0.1, 0.15) is 0 Å². The van der Waals surface area contributed by atoms with E-state index >= 15 is 0 Å². The fourth-order valence-electron chi connectivity index (χ4n) is 1.76. The highest BCUT2D eigenvalue weighted by Crippen LogP contribution is 2.18. The molecule has 0 saturated heterocycles. The molecule has 0 fully saturated rings. The van der Waals surface area contributed by atoms with Crippen LogP contribution in [0.4, 0.5) is 5.82 Å². The van der Waals surface area contributed by atoms with Crippen molar-refractivity contribution in [1.82, 2.24) is 10.2 Å². The first-order chi connectivity index (χ1) is 10.0. The van der Waals surface area contributed by atoms with E-state index in [2.05, 4.69) is 29.4 Å². The standard InChI is InChI=1S/C15H18ClN3OS/c1-10(2)13-7-14(19-18-13)17-15(20)9-21-8-11-4-3-5-12(16)6-11/h3-7,10H,8-9H2,1-2H3,(H2,17,18,19,20). The van der Waals surface area contributed by atoms with Crippen molar-refractivity contribution in [2.45, 2.75) is 25.5 Å². The Morgan fingerprint density at radius 3 is 2.90 bits per heavy atom. The molecule has 6 heteroatoms. The van der Waals surface area contributed by atoms with Crippen LogP contribution in [0.25, 0.3) is 0 Å². The Bertz CT molecular complexity index is 612. The van der Waals surface area contributed by atoms with Crippen molar-refractivity contribution in [2.24, 2.45) is 0 Å². The van der Waals surface area contributed by atoms with Crippen LogP contribution >= 0.6 is 23.4 Å². The van der Waals surface area contributed by atoms with Crippen LogP contribution in [0.2, 0.25) is 5.02 Å². The number of nitrogens with one attached hydrogen (secondary N) is 2. The van der Waals surface area contributed by atoms with Gasteiger partial charge in [0.05, 0.1) is 5.75 Å². The van der Waals surface area contributed by atoms with Gasteiger partial charge in [-0.25, -0.2) is 0 Å². The van der Waals surface area contributed by atoms with Gasteiger partial charge in [-0.3, -0.25) is 9.89 Å². The Morgan fingerprint density at radius 1 is 1.43 bits per heavy atom. The molecule has 0 aliphatic carbocycles. The number of carbonyl (C=O) groups excluding carboxylic acids is 1. The molecule has 1 aromatic heterocycles. The third-order valence-electron chi connectivity index (χ3n) is 2.88. The summed E-state index contributed by atoms with van der Waals surface area (Å²) >= 11 is 7.47. The normalized spacial score (nSPS) is 10.9. The van der Waals surface area contributed by atoms with E-state index in [0.717, 1.165) is 22.0 Å². The summed E-state index contributed by atoms with van der Waals surface area (Å²) in [4.78, 5) is 11.8. The number of H-pyrrole nitrogens is 1. The second-order valence-corrected chi connectivity index (χ2v) is 6.46. The smallest absolute Gasteiger partial charge is 0.235 e. The van der Waals surface area contributed by atoms with Gasteiger partial charge < -0.3 is 5.32 Å². The molecule has 1 amide bonds. The van der Waals surface area contributed by atoms with Crippen molar-refractivity contribution in [1.29, 1.82) is 0 Å². The first kappa shape index (κ1) is 15.9. The van der Waals surface area contributed by atoms with E-state index in [9.17, 15) is 4.79 Å². The van der Waals surface area contributed by atoms with Gasteiger partial charge in [-0.1, -0.05) is 37.6 Å². The molecular formula is C15H18ClN3OS. The zero-order chi connectivity index (χ0) is 15.2. The van der Waals surface area contributed by atoms with E-state index in [1.807, 2.05) is 30.3 Å². The summed E-state index contributed by atoms with van der Waals surface area (Å²) in [5.74, 6) is 2.03. The zero-order valence-corrected chi connectivity index (χ0v) is 13.6. The third kappa shape index (κ3) is 5.10. The Kier molecular flexibility index (Phi) is 5.70. The van der Waals surface area contributed by atoms with Crippen LogP contribution in [-0.4, -0.2) is 21.9 Å². The second-order valence-electron chi connectivity index (χ2n) is 5.03. The number of carbonyl (C=O) groups is 1. The zero-order valence-electron chi connectivity index (χ0n) is 12.0. The molecule has 4 nitrogen and oxygen atoms in total. The number of aromatic nitrogens is 2. The van der Waals surface area contributed by atoms with Crippen molar-refractivity contribution in [3.8, 4) is 0 Å². The summed E-state index contributed by atoms with van der Waals surface area (Å²) in [5, 5.41) is 10.5. The van der Waals surface area contributed by atoms with E-state index in [-0.39, 0.29) is 5.91 Å². The molecule has 2 aromatic rings. The molecule has 112 valence electrons. The van der Waals surface area contributed by atoms with Crippen LogP contribution in [0.5, 0.6) is 0 Å². The van der Waals surface area contributed by atoms with Gasteiger partial charge in [-0.15, -0.1) is 11.8 Å². The average molecular weight is 324 g/mol. The molecule has 1 aromatic carbocycles. The molecule has 0 aliphatic rings. The molecule has 1 heterocycles. The maximum Gasteiger partial charge on any atom is 0.235 e. The molecule has 21 heavy (non-hydrogen) atoms. The van der Waals surface area contributed by atoms with Crippen molar-refractivity contribution in [3.63, 3.8) is 0 Å². The minimum atomic E-state index is -0.0520. The highest BCUT2D eigenvalue weighted by molar-refractivity contribution is 7.99. The molecule has 0 radical (unpaired) electrons. The Labute approximate surface area is 133 Å². The topological polar surface area (TPSA) is 57.8 Å². The van der Waals surface area contributed by atoms with Crippen LogP contribution in [0.1, 0.15) is 31.0 Å². The van der Waals surface area contributed by atoms with Gasteiger partial charge in [-0.2, -0.15) is 5.10 Å². The molecule has 0 bridgehead atoms. The van der Waals surface area contributed by atoms with Crippen LogP contribution in [0.15, 0.2) is 30.3 Å². The van der Waals surface area contributed by atoms with Gasteiger partial charge in [0.25, 0.3) is 0 Å². The van der Waals surface area contributed by atoms with Crippen LogP contribution in [-0.2, 0) is 10.5 Å². The van der Waals surface area contributed by atoms with Crippen molar-refractivity contribution >= 4 is 35.1 Å². The predicted molar refractivity (Wildman–Crippen MR) is 88.9 cm³/mol. The Morgan fingerprint density at radius 2 is 2.24 bits per heavy atom. The number of rotatable bonds is 6. The molecule has 0 saturated carbocycles. The molecule has 0 unspecified atom stereocenters. The van der Waals surface area contributed by atoms with Gasteiger partial charge in [0, 0.05) is 22.5 Å². The number of anilines is 1. The van der Waals surface area contributed by atoms with E-state index in [1.54, 1.807) is 11.8 Å². The van der Waals surface area contributed by atoms with E-state index in [0.29, 0.717) is 17.5 Å². The van der Waals surface area contributed by atoms with Crippen molar-refractivity contribution in [3.05, 3.63) is 46.6 Å². The lowest BCUT2D eigenvalue weighted by Gasteiger charge is -2.03. The quantitative estimate of drug-likeness (QED) is 0.843. The highest BCUT2D eigenvalue weighted by atomic mass is 35.5. The SMILES string of the molecule is CC(C)c1cc(NC(=O)CSCc2cccc(Cl)c2)n[nH]1. The first-order valence-corrected chi connectivity index (χ1v) is 8.25. The lowest BCUT2D eigenvalue weighted by atomic mass is 10.1. The summed E-state index contributed by atoms with van der Waals surface area (Å²) in [6.45, 7) is 4.14. The van der Waals surface area contributed by atoms with Crippen LogP contribution < -0.4 is 5.32 Å². The number of nitrogens with zero attached hydrogens (tertiary/aromatic N) is 1. The third-order valence-corrected chi connectivity index (χ3v) is 4.12. The number of halogens is 1. The van der Waals surface area contributed by atoms with E-state index < -0.39 is 0 Å². The summed E-state index contributed by atoms with van der Waals surface area (Å²) < 4.78 is 0. The van der Waals surface area contributed by atoms with Crippen molar-refractivity contribution in [2.75, 3.05) is 11.1 Å². The Hall–Kier alpha value is -1.46. The maximum atomic E-state index is 11.8. The number of amides is 1. The number of aromatic amines is 1. The molecule has 2 N–H and O–H groups in total. The number of thioether (sulfide) groups is 1. The van der Waals surface area contributed by atoms with E-state index in [4.69, 9.17) is 11.6 Å². The van der Waals surface area contributed by atoms with E-state index in [1.165, 1.54) is 0 Å². The summed E-state index contributed by atoms with van der Waals surface area (Å²) in [6, 6.07) is 9.53. The number of hydrogen-bond donors (Lipinski definition) is 2. The van der Waals surface area contributed by atoms with Gasteiger partial charge >= 0.3 is 0 Å². The molecular weight excluding hydrogens is 306 g/mol. The molecule has 0 atom stereocenters. The average Bonchev–Trinajstić information content (AvgIpc) is 2.87. The van der Waals surface area contributed by atoms with Gasteiger partial charge in [-0.05, 0) is 23.6 Å². The number of hydrogen-bond acceptors (Lipinski definition) is 3. The largest absolute Gasteiger partial charge is 0.308 e. The van der Waals surface area contributed by atoms with Gasteiger partial charge in [0.2, 0.25) is 5.91 Å². The predicted octanol–water partition coefficient (Wildman–Crippen LogP) is 4.06. The van der Waals surface area contributed by atoms with Crippen LogP contribution in [0, 0.1) is 0 Å². The van der Waals surface area contributed by atoms with Gasteiger partial charge in [0.15, 0.2) is 5.82 Å². The highest BCUT2D eigenvalue weighted by Gasteiger charge is 2.08. The lowest BCUT2D eigenvalue weighted by molar-refractivity contribution is -0.113. The maximum absolute atomic E-state index is 11.8. The van der Waals surface area contributed by atoms with Crippen LogP contribution in [0.3, 0.4) is 0 Å². The molecule has 0 spiro atoms. The summed E-state index contributed by atoms with van der Waals surface area (Å²) in [7, 11) is 0. The fraction of sp³-hybridized carbons (Fsp3) is 0.333. The monoisotopic (exact) mass is 323 g/mol. The molecule has 2 rings (SSSR count). The Balaban J connectivity index is 1.77. The van der Waals surface area contributed by atoms with Crippen molar-refractivity contribution < 1.29 is 4.79 Å².